The molecule has 1 unspecified atom stereocenters. The van der Waals surface area contributed by atoms with E-state index < -0.39 is 0 Å². The fraction of sp³-hybridized carbons (Fsp3) is 0.300. The predicted octanol–water partition coefficient (Wildman–Crippen LogP) is 2.29. The average molecular weight is 352 g/mol. The molecule has 1 aliphatic heterocycles. The number of urea groups is 1. The van der Waals surface area contributed by atoms with Gasteiger partial charge >= 0.3 is 6.03 Å². The Morgan fingerprint density at radius 3 is 2.35 bits per heavy atom. The number of aryl methyl sites for hydroxylation is 1. The highest BCUT2D eigenvalue weighted by Crippen LogP contribution is 2.10. The van der Waals surface area contributed by atoms with Crippen molar-refractivity contribution in [2.45, 2.75) is 32.5 Å². The summed E-state index contributed by atoms with van der Waals surface area (Å²) in [5.74, 6) is 0.0635. The van der Waals surface area contributed by atoms with Gasteiger partial charge in [0.1, 0.15) is 0 Å². The van der Waals surface area contributed by atoms with Crippen LogP contribution in [0.15, 0.2) is 48.5 Å². The molecule has 1 aliphatic rings. The summed E-state index contributed by atoms with van der Waals surface area (Å²) >= 11 is 0. The monoisotopic (exact) mass is 352 g/mol. The van der Waals surface area contributed by atoms with Crippen molar-refractivity contribution in [2.75, 3.05) is 11.9 Å². The van der Waals surface area contributed by atoms with Gasteiger partial charge in [0.05, 0.1) is 6.04 Å². The Balaban J connectivity index is 1.43. The molecular weight excluding hydrogens is 328 g/mol. The summed E-state index contributed by atoms with van der Waals surface area (Å²) in [5.41, 5.74) is 4.05. The van der Waals surface area contributed by atoms with Crippen LogP contribution in [0.1, 0.15) is 23.1 Å². The summed E-state index contributed by atoms with van der Waals surface area (Å²) in [5, 5.41) is 11.7. The van der Waals surface area contributed by atoms with Crippen LogP contribution in [0.4, 0.5) is 10.5 Å². The molecule has 2 aromatic rings. The largest absolute Gasteiger partial charge is 0.355 e. The van der Waals surface area contributed by atoms with Gasteiger partial charge in [-0.1, -0.05) is 42.0 Å². The minimum absolute atomic E-state index is 0.0635. The Labute approximate surface area is 153 Å². The van der Waals surface area contributed by atoms with Gasteiger partial charge in [-0.15, -0.1) is 0 Å². The van der Waals surface area contributed by atoms with Crippen LogP contribution in [0, 0.1) is 6.92 Å². The lowest BCUT2D eigenvalue weighted by Crippen LogP contribution is -2.35. The molecule has 1 fully saturated rings. The standard InChI is InChI=1S/C20H24N4O2/c1-14-2-4-15(5-3-14)13-23-20(26)24-17-8-6-16(7-9-17)12-22-18-10-11-21-19(18)25/h2-9,18,22H,10-13H2,1H3,(H,21,25)(H2,23,24,26). The Bertz CT molecular complexity index is 756. The summed E-state index contributed by atoms with van der Waals surface area (Å²) in [6.07, 6.45) is 0.819. The molecule has 0 radical (unpaired) electrons. The number of anilines is 1. The van der Waals surface area contributed by atoms with Crippen LogP contribution in [0.3, 0.4) is 0 Å². The van der Waals surface area contributed by atoms with Crippen molar-refractivity contribution < 1.29 is 9.59 Å². The van der Waals surface area contributed by atoms with E-state index in [0.29, 0.717) is 13.1 Å². The summed E-state index contributed by atoms with van der Waals surface area (Å²) in [6.45, 7) is 3.87. The second-order valence-corrected chi connectivity index (χ2v) is 6.50. The van der Waals surface area contributed by atoms with Gasteiger partial charge in [0.15, 0.2) is 0 Å². The molecule has 4 N–H and O–H groups in total. The van der Waals surface area contributed by atoms with Crippen LogP contribution in [-0.2, 0) is 17.9 Å². The van der Waals surface area contributed by atoms with E-state index in [9.17, 15) is 9.59 Å². The predicted molar refractivity (Wildman–Crippen MR) is 102 cm³/mol. The maximum absolute atomic E-state index is 12.0. The van der Waals surface area contributed by atoms with Gasteiger partial charge in [-0.3, -0.25) is 4.79 Å². The topological polar surface area (TPSA) is 82.3 Å². The van der Waals surface area contributed by atoms with Gasteiger partial charge in [0, 0.05) is 25.3 Å². The highest BCUT2D eigenvalue weighted by molar-refractivity contribution is 5.89. The van der Waals surface area contributed by atoms with Crippen LogP contribution in [0.2, 0.25) is 0 Å². The maximum Gasteiger partial charge on any atom is 0.319 e. The van der Waals surface area contributed by atoms with Crippen molar-refractivity contribution in [3.05, 3.63) is 65.2 Å². The Morgan fingerprint density at radius 1 is 1.04 bits per heavy atom. The lowest BCUT2D eigenvalue weighted by Gasteiger charge is -2.11. The molecule has 1 atom stereocenters. The van der Waals surface area contributed by atoms with Crippen LogP contribution in [-0.4, -0.2) is 24.5 Å². The zero-order chi connectivity index (χ0) is 18.4. The van der Waals surface area contributed by atoms with Gasteiger partial charge in [-0.05, 0) is 36.6 Å². The highest BCUT2D eigenvalue weighted by atomic mass is 16.2. The smallest absolute Gasteiger partial charge is 0.319 e. The highest BCUT2D eigenvalue weighted by Gasteiger charge is 2.22. The molecule has 26 heavy (non-hydrogen) atoms. The molecule has 1 saturated heterocycles. The molecule has 0 spiro atoms. The fourth-order valence-electron chi connectivity index (χ4n) is 2.80. The van der Waals surface area contributed by atoms with Crippen LogP contribution in [0.5, 0.6) is 0 Å². The maximum atomic E-state index is 12.0. The number of rotatable bonds is 6. The van der Waals surface area contributed by atoms with Crippen LogP contribution in [0.25, 0.3) is 0 Å². The molecule has 1 heterocycles. The van der Waals surface area contributed by atoms with Crippen LogP contribution < -0.4 is 21.3 Å². The first-order valence-electron chi connectivity index (χ1n) is 8.80. The number of amides is 3. The van der Waals surface area contributed by atoms with Gasteiger partial charge in [0.25, 0.3) is 0 Å². The van der Waals surface area contributed by atoms with E-state index in [0.717, 1.165) is 29.8 Å². The number of nitrogens with one attached hydrogen (secondary N) is 4. The summed E-state index contributed by atoms with van der Waals surface area (Å²) < 4.78 is 0. The van der Waals surface area contributed by atoms with E-state index in [-0.39, 0.29) is 18.0 Å². The van der Waals surface area contributed by atoms with Crippen molar-refractivity contribution in [1.82, 2.24) is 16.0 Å². The lowest BCUT2D eigenvalue weighted by atomic mass is 10.1. The number of hydrogen-bond acceptors (Lipinski definition) is 3. The second kappa shape index (κ2) is 8.49. The Kier molecular flexibility index (Phi) is 5.86. The third-order valence-electron chi connectivity index (χ3n) is 4.39. The molecule has 136 valence electrons. The van der Waals surface area contributed by atoms with Crippen molar-refractivity contribution in [1.29, 1.82) is 0 Å². The fourth-order valence-corrected chi connectivity index (χ4v) is 2.80. The zero-order valence-corrected chi connectivity index (χ0v) is 14.8. The molecule has 3 rings (SSSR count). The minimum atomic E-state index is -0.237. The summed E-state index contributed by atoms with van der Waals surface area (Å²) in [4.78, 5) is 23.5. The normalized spacial score (nSPS) is 16.2. The van der Waals surface area contributed by atoms with Gasteiger partial charge in [0.2, 0.25) is 5.91 Å². The van der Waals surface area contributed by atoms with Gasteiger partial charge in [-0.25, -0.2) is 4.79 Å². The van der Waals surface area contributed by atoms with Crippen molar-refractivity contribution >= 4 is 17.6 Å². The first-order chi connectivity index (χ1) is 12.6. The number of benzene rings is 2. The van der Waals surface area contributed by atoms with Gasteiger partial charge < -0.3 is 21.3 Å². The van der Waals surface area contributed by atoms with E-state index >= 15 is 0 Å². The molecule has 6 nitrogen and oxygen atoms in total. The molecule has 0 aliphatic carbocycles. The third kappa shape index (κ3) is 5.07. The molecule has 0 bridgehead atoms. The van der Waals surface area contributed by atoms with Crippen molar-refractivity contribution in [3.8, 4) is 0 Å². The molecular formula is C20H24N4O2. The van der Waals surface area contributed by atoms with E-state index in [1.807, 2.05) is 55.5 Å². The molecule has 0 saturated carbocycles. The molecule has 3 amide bonds. The Morgan fingerprint density at radius 2 is 1.69 bits per heavy atom. The van der Waals surface area contributed by atoms with E-state index in [1.54, 1.807) is 0 Å². The lowest BCUT2D eigenvalue weighted by molar-refractivity contribution is -0.120. The second-order valence-electron chi connectivity index (χ2n) is 6.50. The first-order valence-corrected chi connectivity index (χ1v) is 8.80. The van der Waals surface area contributed by atoms with Crippen molar-refractivity contribution in [3.63, 3.8) is 0 Å². The number of hydrogen-bond donors (Lipinski definition) is 4. The average Bonchev–Trinajstić information content (AvgIpc) is 3.06. The molecule has 2 aromatic carbocycles. The third-order valence-corrected chi connectivity index (χ3v) is 4.39. The van der Waals surface area contributed by atoms with Crippen LogP contribution >= 0.6 is 0 Å². The first kappa shape index (κ1) is 17.9. The SMILES string of the molecule is Cc1ccc(CNC(=O)Nc2ccc(CNC3CCNC3=O)cc2)cc1. The quantitative estimate of drug-likeness (QED) is 0.644. The number of carbonyl (C=O) groups is 2. The molecule has 6 heteroatoms. The van der Waals surface area contributed by atoms with E-state index in [1.165, 1.54) is 5.56 Å². The Hall–Kier alpha value is -2.86. The zero-order valence-electron chi connectivity index (χ0n) is 14.8. The van der Waals surface area contributed by atoms with E-state index in [4.69, 9.17) is 0 Å². The van der Waals surface area contributed by atoms with E-state index in [2.05, 4.69) is 21.3 Å². The van der Waals surface area contributed by atoms with Gasteiger partial charge in [-0.2, -0.15) is 0 Å². The summed E-state index contributed by atoms with van der Waals surface area (Å²) in [6, 6.07) is 15.3. The summed E-state index contributed by atoms with van der Waals surface area (Å²) in [7, 11) is 0. The number of carbonyl (C=O) groups excluding carboxylic acids is 2. The molecule has 0 aromatic heterocycles. The minimum Gasteiger partial charge on any atom is -0.355 e. The van der Waals surface area contributed by atoms with Crippen molar-refractivity contribution in [2.24, 2.45) is 0 Å².